The molecule has 0 saturated carbocycles. The zero-order valence-corrected chi connectivity index (χ0v) is 19.9. The van der Waals surface area contributed by atoms with E-state index in [2.05, 4.69) is 0 Å². The van der Waals surface area contributed by atoms with Gasteiger partial charge in [0.1, 0.15) is 22.8 Å². The first kappa shape index (κ1) is 25.8. The molecule has 0 fully saturated rings. The summed E-state index contributed by atoms with van der Waals surface area (Å²) in [6.45, 7) is 5.95. The highest BCUT2D eigenvalue weighted by molar-refractivity contribution is 6.12. The number of aliphatic hydroxyl groups is 2. The molecule has 186 valence electrons. The number of rotatable bonds is 6. The zero-order valence-electron chi connectivity index (χ0n) is 19.9. The van der Waals surface area contributed by atoms with E-state index in [1.165, 1.54) is 13.0 Å². The number of phenols is 3. The van der Waals surface area contributed by atoms with Crippen molar-refractivity contribution in [2.24, 2.45) is 0 Å². The Labute approximate surface area is 201 Å². The highest BCUT2D eigenvalue weighted by Gasteiger charge is 2.51. The van der Waals surface area contributed by atoms with Gasteiger partial charge in [-0.2, -0.15) is 0 Å². The van der Waals surface area contributed by atoms with Crippen molar-refractivity contribution >= 4 is 28.3 Å². The number of ether oxygens (including phenoxy) is 1. The van der Waals surface area contributed by atoms with Gasteiger partial charge in [-0.3, -0.25) is 14.4 Å². The number of allylic oxidation sites excluding steroid dienone is 3. The van der Waals surface area contributed by atoms with E-state index in [9.17, 15) is 39.9 Å². The van der Waals surface area contributed by atoms with E-state index < -0.39 is 52.9 Å². The Kier molecular flexibility index (Phi) is 6.94. The van der Waals surface area contributed by atoms with Crippen molar-refractivity contribution in [1.82, 2.24) is 0 Å². The van der Waals surface area contributed by atoms with Crippen LogP contribution >= 0.6 is 0 Å². The maximum absolute atomic E-state index is 13.6. The molecule has 0 radical (unpaired) electrons. The maximum atomic E-state index is 13.6. The van der Waals surface area contributed by atoms with E-state index in [1.807, 2.05) is 19.9 Å². The number of phenolic OH excluding ortho intramolecular Hbond substituents is 3. The third kappa shape index (κ3) is 5.00. The van der Waals surface area contributed by atoms with E-state index >= 15 is 0 Å². The molecular weight excluding hydrogens is 456 g/mol. The van der Waals surface area contributed by atoms with Crippen LogP contribution in [0.15, 0.2) is 35.6 Å². The Balaban J connectivity index is 2.38. The minimum absolute atomic E-state index is 0.0709. The lowest BCUT2D eigenvalue weighted by Gasteiger charge is -2.40. The molecule has 35 heavy (non-hydrogen) atoms. The molecule has 0 aromatic heterocycles. The molecule has 0 heterocycles. The van der Waals surface area contributed by atoms with Crippen LogP contribution in [0.25, 0.3) is 10.8 Å². The fourth-order valence-corrected chi connectivity index (χ4v) is 4.54. The average Bonchev–Trinajstić information content (AvgIpc) is 2.68. The number of carbonyl (C=O) groups excluding carboxylic acids is 3. The fourth-order valence-electron chi connectivity index (χ4n) is 4.54. The van der Waals surface area contributed by atoms with Crippen molar-refractivity contribution in [3.8, 4) is 17.2 Å². The topological polar surface area (TPSA) is 162 Å². The number of hydrogen-bond acceptors (Lipinski definition) is 9. The van der Waals surface area contributed by atoms with Crippen molar-refractivity contribution in [2.45, 2.75) is 58.7 Å². The Morgan fingerprint density at radius 1 is 1.14 bits per heavy atom. The van der Waals surface area contributed by atoms with Gasteiger partial charge in [0.05, 0.1) is 16.7 Å². The number of benzene rings is 2. The molecule has 0 unspecified atom stereocenters. The first-order chi connectivity index (χ1) is 16.2. The molecule has 0 saturated heterocycles. The van der Waals surface area contributed by atoms with Crippen LogP contribution in [0.2, 0.25) is 0 Å². The Hall–Kier alpha value is -3.85. The number of carbonyl (C=O) groups is 3. The second kappa shape index (κ2) is 9.42. The van der Waals surface area contributed by atoms with E-state index in [0.29, 0.717) is 5.56 Å². The minimum atomic E-state index is -2.15. The predicted molar refractivity (Wildman–Crippen MR) is 127 cm³/mol. The molecule has 2 aromatic carbocycles. The van der Waals surface area contributed by atoms with Gasteiger partial charge < -0.3 is 30.3 Å². The largest absolute Gasteiger partial charge is 0.512 e. The summed E-state index contributed by atoms with van der Waals surface area (Å²) in [4.78, 5) is 36.8. The summed E-state index contributed by atoms with van der Waals surface area (Å²) in [7, 11) is 0. The Bertz CT molecular complexity index is 1300. The summed E-state index contributed by atoms with van der Waals surface area (Å²) in [5, 5.41) is 53.7. The van der Waals surface area contributed by atoms with Gasteiger partial charge in [0.25, 0.3) is 0 Å². The molecule has 3 rings (SSSR count). The molecule has 9 heteroatoms. The molecule has 1 aliphatic carbocycles. The van der Waals surface area contributed by atoms with Crippen molar-refractivity contribution < 1.29 is 44.7 Å². The molecule has 2 atom stereocenters. The van der Waals surface area contributed by atoms with Gasteiger partial charge in [0.2, 0.25) is 5.78 Å². The predicted octanol–water partition coefficient (Wildman–Crippen LogP) is 3.29. The molecule has 9 nitrogen and oxygen atoms in total. The van der Waals surface area contributed by atoms with Gasteiger partial charge in [-0.15, -0.1) is 0 Å². The Morgan fingerprint density at radius 3 is 2.37 bits per heavy atom. The van der Waals surface area contributed by atoms with Crippen LogP contribution in [0.3, 0.4) is 0 Å². The van der Waals surface area contributed by atoms with Crippen LogP contribution in [0.4, 0.5) is 0 Å². The van der Waals surface area contributed by atoms with Gasteiger partial charge in [-0.1, -0.05) is 11.6 Å². The third-order valence-electron chi connectivity index (χ3n) is 5.88. The van der Waals surface area contributed by atoms with Crippen molar-refractivity contribution in [3.05, 3.63) is 52.3 Å². The number of aromatic hydroxyl groups is 3. The number of esters is 1. The average molecular weight is 485 g/mol. The van der Waals surface area contributed by atoms with E-state index in [-0.39, 0.29) is 40.5 Å². The summed E-state index contributed by atoms with van der Waals surface area (Å²) in [6.07, 6.45) is 0.230. The van der Waals surface area contributed by atoms with Gasteiger partial charge >= 0.3 is 5.97 Å². The normalized spacial score (nSPS) is 19.9. The lowest BCUT2D eigenvalue weighted by molar-refractivity contribution is -0.158. The molecular formula is C26H28O9. The maximum Gasteiger partial charge on any atom is 0.303 e. The monoisotopic (exact) mass is 484 g/mol. The van der Waals surface area contributed by atoms with Crippen LogP contribution in [0.1, 0.15) is 55.6 Å². The second-order valence-electron chi connectivity index (χ2n) is 9.11. The summed E-state index contributed by atoms with van der Waals surface area (Å²) in [6, 6.07) is 2.36. The summed E-state index contributed by atoms with van der Waals surface area (Å²) in [5.74, 6) is -4.12. The summed E-state index contributed by atoms with van der Waals surface area (Å²) < 4.78 is 5.15. The molecule has 2 aromatic rings. The lowest BCUT2D eigenvalue weighted by Crippen LogP contribution is -2.54. The number of fused-ring (bicyclic) bond motifs is 2. The van der Waals surface area contributed by atoms with Crippen LogP contribution in [0, 0.1) is 0 Å². The molecule has 0 aliphatic heterocycles. The van der Waals surface area contributed by atoms with Crippen molar-refractivity contribution in [2.75, 3.05) is 0 Å². The third-order valence-corrected chi connectivity index (χ3v) is 5.88. The summed E-state index contributed by atoms with van der Waals surface area (Å²) >= 11 is 0. The number of hydrogen-bond donors (Lipinski definition) is 5. The van der Waals surface area contributed by atoms with Crippen LogP contribution in [-0.4, -0.2) is 54.8 Å². The van der Waals surface area contributed by atoms with Crippen LogP contribution in [0.5, 0.6) is 17.2 Å². The van der Waals surface area contributed by atoms with Crippen molar-refractivity contribution in [1.29, 1.82) is 0 Å². The number of aliphatic hydroxyl groups excluding tert-OH is 1. The molecule has 0 amide bonds. The SMILES string of the molecule is CC(=O)C=C(O)C[C@]1(O)Cc2c(c(O)c3c(O)cc(O)cc3c2CC=C(C)C)C(=O)[C@H]1OC(C)=O. The number of ketones is 2. The van der Waals surface area contributed by atoms with Gasteiger partial charge in [-0.25, -0.2) is 0 Å². The van der Waals surface area contributed by atoms with E-state index in [4.69, 9.17) is 4.74 Å². The molecule has 5 N–H and O–H groups in total. The smallest absolute Gasteiger partial charge is 0.303 e. The molecule has 0 bridgehead atoms. The van der Waals surface area contributed by atoms with Crippen LogP contribution in [-0.2, 0) is 27.2 Å². The Morgan fingerprint density at radius 2 is 1.80 bits per heavy atom. The molecule has 1 aliphatic rings. The van der Waals surface area contributed by atoms with Gasteiger partial charge in [0.15, 0.2) is 11.9 Å². The number of Topliss-reactive ketones (excluding diaryl/α,β-unsaturated/α-hetero) is 1. The standard InChI is InChI=1S/C26H28O9/c1-12(2)5-6-17-18-8-15(29)9-20(31)21(18)23(32)22-19(17)11-26(34,10-16(30)7-13(3)27)25(24(22)33)35-14(4)28/h5,7-9,25,29-32,34H,6,10-11H2,1-4H3/t25-,26+/m1/s1. The minimum Gasteiger partial charge on any atom is -0.512 e. The van der Waals surface area contributed by atoms with Crippen molar-refractivity contribution in [3.63, 3.8) is 0 Å². The first-order valence-corrected chi connectivity index (χ1v) is 10.9. The lowest BCUT2D eigenvalue weighted by atomic mass is 9.71. The first-order valence-electron chi connectivity index (χ1n) is 10.9. The highest BCUT2D eigenvalue weighted by atomic mass is 16.6. The second-order valence-corrected chi connectivity index (χ2v) is 9.11. The quantitative estimate of drug-likeness (QED) is 0.179. The summed E-state index contributed by atoms with van der Waals surface area (Å²) in [5.41, 5.74) is -0.791. The van der Waals surface area contributed by atoms with Gasteiger partial charge in [0, 0.05) is 31.9 Å². The zero-order chi connectivity index (χ0) is 26.2. The van der Waals surface area contributed by atoms with Gasteiger partial charge in [-0.05, 0) is 49.8 Å². The highest BCUT2D eigenvalue weighted by Crippen LogP contribution is 2.47. The van der Waals surface area contributed by atoms with Crippen LogP contribution < -0.4 is 0 Å². The molecule has 0 spiro atoms. The van der Waals surface area contributed by atoms with E-state index in [1.54, 1.807) is 0 Å². The fraction of sp³-hybridized carbons (Fsp3) is 0.346. The van der Waals surface area contributed by atoms with E-state index in [0.717, 1.165) is 24.6 Å².